The molecule has 0 bridgehead atoms. The van der Waals surface area contributed by atoms with Crippen molar-refractivity contribution in [3.8, 4) is 0 Å². The van der Waals surface area contributed by atoms with Crippen LogP contribution in [0.1, 0.15) is 5.56 Å². The van der Waals surface area contributed by atoms with Crippen molar-refractivity contribution < 1.29 is 4.79 Å². The Balaban J connectivity index is 1.32. The first-order chi connectivity index (χ1) is 13.3. The minimum Gasteiger partial charge on any atom is -0.369 e. The Labute approximate surface area is 159 Å². The molecular weight excluding hydrogens is 338 g/mol. The first kappa shape index (κ1) is 16.3. The topological polar surface area (TPSA) is 42.4 Å². The Kier molecular flexibility index (Phi) is 4.05. The van der Waals surface area contributed by atoms with Gasteiger partial charge in [0.05, 0.1) is 18.9 Å². The molecule has 2 aromatic rings. The molecule has 2 aromatic carbocycles. The van der Waals surface area contributed by atoms with Crippen molar-refractivity contribution in [2.24, 2.45) is 4.99 Å². The molecule has 0 saturated carbocycles. The molecule has 0 unspecified atom stereocenters. The van der Waals surface area contributed by atoms with E-state index < -0.39 is 0 Å². The molecule has 6 nitrogen and oxygen atoms in total. The average Bonchev–Trinajstić information content (AvgIpc) is 3.23. The van der Waals surface area contributed by atoms with E-state index in [-0.39, 0.29) is 6.03 Å². The highest BCUT2D eigenvalue weighted by Gasteiger charge is 2.37. The number of hydrogen-bond donors (Lipinski definition) is 0. The number of amidine groups is 1. The Morgan fingerprint density at radius 1 is 0.852 bits per heavy atom. The molecule has 0 N–H and O–H groups in total. The molecule has 138 valence electrons. The van der Waals surface area contributed by atoms with Gasteiger partial charge < -0.3 is 4.90 Å². The summed E-state index contributed by atoms with van der Waals surface area (Å²) < 4.78 is 0. The number of benzene rings is 2. The number of piperazine rings is 1. The molecule has 0 aliphatic carbocycles. The summed E-state index contributed by atoms with van der Waals surface area (Å²) in [6.45, 7) is 5.85. The third-order valence-electron chi connectivity index (χ3n) is 5.57. The maximum atomic E-state index is 13.1. The van der Waals surface area contributed by atoms with Crippen molar-refractivity contribution in [3.05, 3.63) is 60.2 Å². The quantitative estimate of drug-likeness (QED) is 0.843. The van der Waals surface area contributed by atoms with Crippen LogP contribution in [-0.4, -0.2) is 67.6 Å². The number of carbonyl (C=O) groups is 1. The van der Waals surface area contributed by atoms with Crippen LogP contribution >= 0.6 is 0 Å². The lowest BCUT2D eigenvalue weighted by Crippen LogP contribution is -2.56. The molecule has 0 spiro atoms. The molecule has 3 heterocycles. The van der Waals surface area contributed by atoms with E-state index in [1.54, 1.807) is 0 Å². The van der Waals surface area contributed by atoms with E-state index >= 15 is 0 Å². The largest absolute Gasteiger partial charge is 0.369 e. The Bertz CT molecular complexity index is 873. The Morgan fingerprint density at radius 2 is 1.59 bits per heavy atom. The second kappa shape index (κ2) is 6.70. The minimum atomic E-state index is 0.0513. The van der Waals surface area contributed by atoms with E-state index in [9.17, 15) is 4.79 Å². The molecule has 0 atom stereocenters. The number of aliphatic imine (C=N–C) groups is 1. The molecule has 5 rings (SSSR count). The van der Waals surface area contributed by atoms with E-state index in [4.69, 9.17) is 0 Å². The lowest BCUT2D eigenvalue weighted by molar-refractivity contribution is 0.213. The summed E-state index contributed by atoms with van der Waals surface area (Å²) in [6, 6.07) is 18.7. The molecule has 0 aromatic heterocycles. The number of para-hydroxylation sites is 2. The number of anilines is 2. The van der Waals surface area contributed by atoms with Crippen LogP contribution in [-0.2, 0) is 0 Å². The monoisotopic (exact) mass is 361 g/mol. The maximum absolute atomic E-state index is 13.1. The number of rotatable bonds is 3. The molecule has 3 aliphatic rings. The highest BCUT2D eigenvalue weighted by atomic mass is 16.2. The van der Waals surface area contributed by atoms with E-state index in [1.165, 1.54) is 5.69 Å². The van der Waals surface area contributed by atoms with Gasteiger partial charge >= 0.3 is 6.03 Å². The summed E-state index contributed by atoms with van der Waals surface area (Å²) in [7, 11) is 0. The van der Waals surface area contributed by atoms with Gasteiger partial charge in [-0.3, -0.25) is 19.7 Å². The van der Waals surface area contributed by atoms with Gasteiger partial charge in [0.1, 0.15) is 5.84 Å². The number of carbonyl (C=O) groups excluding carboxylic acids is 1. The fraction of sp³-hybridized carbons (Fsp3) is 0.333. The summed E-state index contributed by atoms with van der Waals surface area (Å²) in [5.74, 6) is 0.834. The standard InChI is InChI=1S/C21H23N5O/c27-21-25-11-10-22-20(25)18-8-4-5-9-19(18)26(21)16-23-12-14-24(15-13-23)17-6-2-1-3-7-17/h1-9H,10-16H2. The zero-order chi connectivity index (χ0) is 18.2. The Hall–Kier alpha value is -2.86. The van der Waals surface area contributed by atoms with E-state index in [1.807, 2.05) is 28.0 Å². The number of urea groups is 1. The normalized spacial score (nSPS) is 19.8. The van der Waals surface area contributed by atoms with Gasteiger partial charge in [-0.05, 0) is 24.3 Å². The molecule has 6 heteroatoms. The van der Waals surface area contributed by atoms with Crippen LogP contribution in [0.5, 0.6) is 0 Å². The molecule has 1 saturated heterocycles. The van der Waals surface area contributed by atoms with E-state index in [0.29, 0.717) is 19.8 Å². The van der Waals surface area contributed by atoms with Crippen LogP contribution in [0.3, 0.4) is 0 Å². The van der Waals surface area contributed by atoms with Crippen LogP contribution < -0.4 is 9.80 Å². The van der Waals surface area contributed by atoms with Gasteiger partial charge in [-0.2, -0.15) is 0 Å². The number of nitrogens with zero attached hydrogens (tertiary/aromatic N) is 5. The van der Waals surface area contributed by atoms with Gasteiger partial charge in [0.2, 0.25) is 0 Å². The fourth-order valence-electron chi connectivity index (χ4n) is 4.13. The first-order valence-electron chi connectivity index (χ1n) is 9.56. The van der Waals surface area contributed by atoms with Gasteiger partial charge in [-0.1, -0.05) is 30.3 Å². The number of hydrogen-bond acceptors (Lipinski definition) is 4. The molecule has 1 fully saturated rings. The SMILES string of the molecule is O=C1N2CCN=C2c2ccccc2N1CN1CCN(c2ccccc2)CC1. The van der Waals surface area contributed by atoms with Gasteiger partial charge in [0.25, 0.3) is 0 Å². The second-order valence-electron chi connectivity index (χ2n) is 7.17. The van der Waals surface area contributed by atoms with Crippen LogP contribution in [0.2, 0.25) is 0 Å². The van der Waals surface area contributed by atoms with Crippen molar-refractivity contribution in [2.45, 2.75) is 0 Å². The number of amides is 2. The molecule has 0 radical (unpaired) electrons. The van der Waals surface area contributed by atoms with Crippen LogP contribution in [0.15, 0.2) is 59.6 Å². The van der Waals surface area contributed by atoms with Crippen molar-refractivity contribution in [1.29, 1.82) is 0 Å². The van der Waals surface area contributed by atoms with E-state index in [2.05, 4.69) is 51.2 Å². The Morgan fingerprint density at radius 3 is 2.41 bits per heavy atom. The smallest absolute Gasteiger partial charge is 0.331 e. The zero-order valence-electron chi connectivity index (χ0n) is 15.3. The maximum Gasteiger partial charge on any atom is 0.331 e. The van der Waals surface area contributed by atoms with Crippen LogP contribution in [0.25, 0.3) is 0 Å². The van der Waals surface area contributed by atoms with Crippen molar-refractivity contribution in [1.82, 2.24) is 9.80 Å². The predicted octanol–water partition coefficient (Wildman–Crippen LogP) is 2.47. The third-order valence-corrected chi connectivity index (χ3v) is 5.57. The zero-order valence-corrected chi connectivity index (χ0v) is 15.3. The van der Waals surface area contributed by atoms with Crippen molar-refractivity contribution in [2.75, 3.05) is 55.7 Å². The minimum absolute atomic E-state index is 0.0513. The summed E-state index contributed by atoms with van der Waals surface area (Å²) in [5.41, 5.74) is 3.32. The van der Waals surface area contributed by atoms with Gasteiger partial charge in [-0.25, -0.2) is 4.79 Å². The van der Waals surface area contributed by atoms with Crippen LogP contribution in [0.4, 0.5) is 16.2 Å². The highest BCUT2D eigenvalue weighted by Crippen LogP contribution is 2.31. The van der Waals surface area contributed by atoms with Crippen LogP contribution in [0, 0.1) is 0 Å². The van der Waals surface area contributed by atoms with Crippen molar-refractivity contribution in [3.63, 3.8) is 0 Å². The second-order valence-corrected chi connectivity index (χ2v) is 7.17. The summed E-state index contributed by atoms with van der Waals surface area (Å²) in [6.07, 6.45) is 0. The summed E-state index contributed by atoms with van der Waals surface area (Å²) >= 11 is 0. The van der Waals surface area contributed by atoms with Gasteiger partial charge in [0, 0.05) is 44.0 Å². The summed E-state index contributed by atoms with van der Waals surface area (Å²) in [5, 5.41) is 0. The highest BCUT2D eigenvalue weighted by molar-refractivity contribution is 6.19. The molecular formula is C21H23N5O. The lowest BCUT2D eigenvalue weighted by atomic mass is 10.1. The lowest BCUT2D eigenvalue weighted by Gasteiger charge is -2.41. The number of fused-ring (bicyclic) bond motifs is 3. The van der Waals surface area contributed by atoms with Gasteiger partial charge in [-0.15, -0.1) is 0 Å². The fourth-order valence-corrected chi connectivity index (χ4v) is 4.13. The predicted molar refractivity (Wildman–Crippen MR) is 108 cm³/mol. The third kappa shape index (κ3) is 2.86. The average molecular weight is 361 g/mol. The molecule has 2 amide bonds. The van der Waals surface area contributed by atoms with E-state index in [0.717, 1.165) is 43.3 Å². The van der Waals surface area contributed by atoms with Gasteiger partial charge in [0.15, 0.2) is 0 Å². The first-order valence-corrected chi connectivity index (χ1v) is 9.56. The molecule has 27 heavy (non-hydrogen) atoms. The summed E-state index contributed by atoms with van der Waals surface area (Å²) in [4.78, 5) is 26.1. The van der Waals surface area contributed by atoms with Crippen molar-refractivity contribution >= 4 is 23.2 Å². The molecule has 3 aliphatic heterocycles.